The number of methoxy groups -OCH3 is 2. The van der Waals surface area contributed by atoms with Crippen LogP contribution in [0, 0.1) is 0 Å². The monoisotopic (exact) mass is 397 g/mol. The Morgan fingerprint density at radius 1 is 0.931 bits per heavy atom. The van der Waals surface area contributed by atoms with E-state index in [-0.39, 0.29) is 6.03 Å². The fraction of sp³-hybridized carbons (Fsp3) is 0.435. The molecule has 0 spiro atoms. The number of benzene rings is 2. The molecule has 1 aliphatic rings. The number of ether oxygens (including phenoxy) is 2. The summed E-state index contributed by atoms with van der Waals surface area (Å²) >= 11 is 0. The summed E-state index contributed by atoms with van der Waals surface area (Å²) in [7, 11) is 3.20. The highest BCUT2D eigenvalue weighted by Gasteiger charge is 2.24. The number of rotatable bonds is 6. The van der Waals surface area contributed by atoms with Crippen LogP contribution in [-0.4, -0.2) is 33.3 Å². The van der Waals surface area contributed by atoms with Crippen molar-refractivity contribution in [3.05, 3.63) is 48.0 Å². The predicted molar refractivity (Wildman–Crippen MR) is 117 cm³/mol. The zero-order valence-corrected chi connectivity index (χ0v) is 17.7. The molecule has 0 aromatic heterocycles. The van der Waals surface area contributed by atoms with E-state index in [1.807, 2.05) is 44.2 Å². The van der Waals surface area contributed by atoms with Gasteiger partial charge in [-0.3, -0.25) is 0 Å². The van der Waals surface area contributed by atoms with E-state index in [1.54, 1.807) is 14.2 Å². The van der Waals surface area contributed by atoms with Crippen LogP contribution in [0.1, 0.15) is 38.7 Å². The third kappa shape index (κ3) is 5.13. The van der Waals surface area contributed by atoms with E-state index in [0.717, 1.165) is 24.3 Å². The average Bonchev–Trinajstić information content (AvgIpc) is 2.74. The molecule has 29 heavy (non-hydrogen) atoms. The normalized spacial score (nSPS) is 14.3. The molecule has 0 radical (unpaired) electrons. The van der Waals surface area contributed by atoms with Gasteiger partial charge in [-0.25, -0.2) is 4.79 Å². The summed E-state index contributed by atoms with van der Waals surface area (Å²) in [5.74, 6) is 1.29. The minimum atomic E-state index is -0.586. The lowest BCUT2D eigenvalue weighted by Crippen LogP contribution is -2.43. The Kier molecular flexibility index (Phi) is 6.52. The molecule has 6 heteroatoms. The zero-order valence-electron chi connectivity index (χ0n) is 17.7. The molecule has 0 bridgehead atoms. The molecule has 2 aromatic rings. The lowest BCUT2D eigenvalue weighted by Gasteiger charge is -2.29. The van der Waals surface area contributed by atoms with Crippen LogP contribution in [0.5, 0.6) is 11.5 Å². The van der Waals surface area contributed by atoms with E-state index in [9.17, 15) is 4.79 Å². The summed E-state index contributed by atoms with van der Waals surface area (Å²) in [5.41, 5.74) is 2.32. The minimum Gasteiger partial charge on any atom is -0.493 e. The topological polar surface area (TPSA) is 62.8 Å². The van der Waals surface area contributed by atoms with Crippen molar-refractivity contribution in [2.24, 2.45) is 0 Å². The highest BCUT2D eigenvalue weighted by Crippen LogP contribution is 2.32. The van der Waals surface area contributed by atoms with Crippen molar-refractivity contribution in [1.82, 2.24) is 5.32 Å². The molecule has 0 atom stereocenters. The summed E-state index contributed by atoms with van der Waals surface area (Å²) < 4.78 is 10.7. The van der Waals surface area contributed by atoms with Crippen LogP contribution in [0.2, 0.25) is 0 Å². The van der Waals surface area contributed by atoms with Crippen LogP contribution in [0.15, 0.2) is 42.5 Å². The van der Waals surface area contributed by atoms with Gasteiger partial charge < -0.3 is 25.0 Å². The van der Waals surface area contributed by atoms with Crippen molar-refractivity contribution in [2.75, 3.05) is 37.5 Å². The second-order valence-corrected chi connectivity index (χ2v) is 7.87. The van der Waals surface area contributed by atoms with Gasteiger partial charge in [-0.1, -0.05) is 6.07 Å². The molecular weight excluding hydrogens is 366 g/mol. The molecule has 2 amide bonds. The van der Waals surface area contributed by atoms with Crippen LogP contribution in [0.4, 0.5) is 16.2 Å². The first-order chi connectivity index (χ1) is 13.9. The Morgan fingerprint density at radius 3 is 2.21 bits per heavy atom. The van der Waals surface area contributed by atoms with Crippen molar-refractivity contribution in [2.45, 2.75) is 38.6 Å². The summed E-state index contributed by atoms with van der Waals surface area (Å²) in [6.07, 6.45) is 3.80. The SMILES string of the molecule is COc1ccc(C(C)(C)NC(=O)Nc2ccc(N3CCCCC3)cc2)cc1OC. The summed E-state index contributed by atoms with van der Waals surface area (Å²) in [5, 5.41) is 5.96. The van der Waals surface area contributed by atoms with Crippen LogP contribution in [-0.2, 0) is 5.54 Å². The van der Waals surface area contributed by atoms with Gasteiger partial charge in [0, 0.05) is 24.5 Å². The Labute approximate surface area is 173 Å². The van der Waals surface area contributed by atoms with E-state index in [2.05, 4.69) is 27.7 Å². The van der Waals surface area contributed by atoms with E-state index in [1.165, 1.54) is 24.9 Å². The molecule has 1 aliphatic heterocycles. The maximum absolute atomic E-state index is 12.6. The third-order valence-corrected chi connectivity index (χ3v) is 5.38. The first-order valence-corrected chi connectivity index (χ1v) is 10.1. The minimum absolute atomic E-state index is 0.254. The van der Waals surface area contributed by atoms with Gasteiger partial charge in [-0.05, 0) is 75.1 Å². The van der Waals surface area contributed by atoms with Gasteiger partial charge in [-0.15, -0.1) is 0 Å². The van der Waals surface area contributed by atoms with Gasteiger partial charge >= 0.3 is 6.03 Å². The Bertz CT molecular complexity index is 828. The number of hydrogen-bond donors (Lipinski definition) is 2. The smallest absolute Gasteiger partial charge is 0.319 e. The van der Waals surface area contributed by atoms with E-state index >= 15 is 0 Å². The van der Waals surface area contributed by atoms with E-state index in [4.69, 9.17) is 9.47 Å². The second-order valence-electron chi connectivity index (χ2n) is 7.87. The van der Waals surface area contributed by atoms with Crippen LogP contribution >= 0.6 is 0 Å². The zero-order chi connectivity index (χ0) is 20.9. The number of urea groups is 1. The Balaban J connectivity index is 1.63. The average molecular weight is 398 g/mol. The number of hydrogen-bond acceptors (Lipinski definition) is 4. The molecule has 2 aromatic carbocycles. The molecule has 2 N–H and O–H groups in total. The van der Waals surface area contributed by atoms with Gasteiger partial charge in [0.2, 0.25) is 0 Å². The molecular formula is C23H31N3O3. The highest BCUT2D eigenvalue weighted by molar-refractivity contribution is 5.90. The lowest BCUT2D eigenvalue weighted by atomic mass is 9.94. The van der Waals surface area contributed by atoms with Gasteiger partial charge in [0.05, 0.1) is 19.8 Å². The quantitative estimate of drug-likeness (QED) is 0.738. The van der Waals surface area contributed by atoms with Gasteiger partial charge in [0.25, 0.3) is 0 Å². The van der Waals surface area contributed by atoms with Crippen LogP contribution in [0.3, 0.4) is 0 Å². The maximum atomic E-state index is 12.6. The third-order valence-electron chi connectivity index (χ3n) is 5.38. The van der Waals surface area contributed by atoms with E-state index in [0.29, 0.717) is 11.5 Å². The fourth-order valence-electron chi connectivity index (χ4n) is 3.65. The maximum Gasteiger partial charge on any atom is 0.319 e. The Morgan fingerprint density at radius 2 is 1.59 bits per heavy atom. The molecule has 6 nitrogen and oxygen atoms in total. The number of anilines is 2. The number of piperidine rings is 1. The number of nitrogens with zero attached hydrogens (tertiary/aromatic N) is 1. The number of carbonyl (C=O) groups excluding carboxylic acids is 1. The van der Waals surface area contributed by atoms with Crippen molar-refractivity contribution in [1.29, 1.82) is 0 Å². The second kappa shape index (κ2) is 9.07. The molecule has 0 unspecified atom stereocenters. The van der Waals surface area contributed by atoms with E-state index < -0.39 is 5.54 Å². The predicted octanol–water partition coefficient (Wildman–Crippen LogP) is 4.75. The van der Waals surface area contributed by atoms with Crippen molar-refractivity contribution in [3.8, 4) is 11.5 Å². The molecule has 0 aliphatic carbocycles. The lowest BCUT2D eigenvalue weighted by molar-refractivity contribution is 0.241. The van der Waals surface area contributed by atoms with Gasteiger partial charge in [-0.2, -0.15) is 0 Å². The summed E-state index contributed by atoms with van der Waals surface area (Å²) in [6, 6.07) is 13.4. The molecule has 3 rings (SSSR count). The Hall–Kier alpha value is -2.89. The molecule has 156 valence electrons. The molecule has 1 heterocycles. The van der Waals surface area contributed by atoms with Crippen molar-refractivity contribution in [3.63, 3.8) is 0 Å². The summed E-state index contributed by atoms with van der Waals surface area (Å²) in [4.78, 5) is 15.0. The number of carbonyl (C=O) groups is 1. The number of amides is 2. The fourth-order valence-corrected chi connectivity index (χ4v) is 3.65. The molecule has 0 saturated carbocycles. The first kappa shape index (κ1) is 20.8. The molecule has 1 saturated heterocycles. The van der Waals surface area contributed by atoms with Crippen LogP contribution in [0.25, 0.3) is 0 Å². The molecule has 1 fully saturated rings. The largest absolute Gasteiger partial charge is 0.493 e. The van der Waals surface area contributed by atoms with Crippen molar-refractivity contribution >= 4 is 17.4 Å². The van der Waals surface area contributed by atoms with Gasteiger partial charge in [0.15, 0.2) is 11.5 Å². The highest BCUT2D eigenvalue weighted by atomic mass is 16.5. The first-order valence-electron chi connectivity index (χ1n) is 10.1. The summed E-state index contributed by atoms with van der Waals surface area (Å²) in [6.45, 7) is 6.11. The van der Waals surface area contributed by atoms with Crippen molar-refractivity contribution < 1.29 is 14.3 Å². The standard InChI is InChI=1S/C23H31N3O3/c1-23(2,17-8-13-20(28-3)21(16-17)29-4)25-22(27)24-18-9-11-19(12-10-18)26-14-6-5-7-15-26/h8-13,16H,5-7,14-15H2,1-4H3,(H2,24,25,27). The van der Waals surface area contributed by atoms with Gasteiger partial charge in [0.1, 0.15) is 0 Å². The van der Waals surface area contributed by atoms with Crippen LogP contribution < -0.4 is 25.0 Å². The number of nitrogens with one attached hydrogen (secondary N) is 2.